The average molecular weight is 329 g/mol. The number of anilines is 2. The lowest BCUT2D eigenvalue weighted by Crippen LogP contribution is -2.35. The zero-order valence-electron chi connectivity index (χ0n) is 12.4. The maximum absolute atomic E-state index is 6.36. The van der Waals surface area contributed by atoms with E-state index >= 15 is 0 Å². The normalized spacial score (nSPS) is 23.0. The molecule has 0 amide bonds. The third-order valence-corrected chi connectivity index (χ3v) is 4.94. The van der Waals surface area contributed by atoms with Gasteiger partial charge in [-0.05, 0) is 45.3 Å². The number of hydrogen-bond donors (Lipinski definition) is 1. The zero-order chi connectivity index (χ0) is 14.8. The largest absolute Gasteiger partial charge is 0.369 e. The number of pyridine rings is 1. The van der Waals surface area contributed by atoms with Crippen molar-refractivity contribution in [3.63, 3.8) is 0 Å². The quantitative estimate of drug-likeness (QED) is 0.916. The molecule has 0 aromatic carbocycles. The predicted molar refractivity (Wildman–Crippen MR) is 89.8 cm³/mol. The Kier molecular flexibility index (Phi) is 4.77. The minimum Gasteiger partial charge on any atom is -0.369 e. The third kappa shape index (κ3) is 3.22. The molecule has 2 fully saturated rings. The molecular formula is C15H22Cl2N4. The van der Waals surface area contributed by atoms with E-state index in [4.69, 9.17) is 23.2 Å². The minimum absolute atomic E-state index is 0.584. The van der Waals surface area contributed by atoms with Crippen LogP contribution in [0.3, 0.4) is 0 Å². The van der Waals surface area contributed by atoms with Crippen LogP contribution in [-0.2, 0) is 0 Å². The minimum atomic E-state index is 0.584. The molecule has 116 valence electrons. The molecule has 1 N–H and O–H groups in total. The van der Waals surface area contributed by atoms with Crippen molar-refractivity contribution in [2.75, 3.05) is 42.9 Å². The molecule has 3 heterocycles. The lowest BCUT2D eigenvalue weighted by Gasteiger charge is -2.24. The second-order valence-electron chi connectivity index (χ2n) is 5.79. The first-order valence-electron chi connectivity index (χ1n) is 7.78. The summed E-state index contributed by atoms with van der Waals surface area (Å²) in [7, 11) is 0. The van der Waals surface area contributed by atoms with Gasteiger partial charge in [0.2, 0.25) is 0 Å². The summed E-state index contributed by atoms with van der Waals surface area (Å²) in [5, 5.41) is 4.42. The molecule has 1 unspecified atom stereocenters. The summed E-state index contributed by atoms with van der Waals surface area (Å²) in [5.74, 6) is 1.59. The summed E-state index contributed by atoms with van der Waals surface area (Å²) in [4.78, 5) is 9.54. The number of likely N-dealkylation sites (tertiary alicyclic amines) is 1. The number of nitrogens with one attached hydrogen (secondary N) is 1. The molecule has 1 aromatic rings. The van der Waals surface area contributed by atoms with Gasteiger partial charge in [0, 0.05) is 25.7 Å². The number of halogens is 2. The second kappa shape index (κ2) is 6.59. The van der Waals surface area contributed by atoms with Gasteiger partial charge in [0.05, 0.1) is 10.0 Å². The fourth-order valence-electron chi connectivity index (χ4n) is 3.31. The molecule has 21 heavy (non-hydrogen) atoms. The summed E-state index contributed by atoms with van der Waals surface area (Å²) in [6.07, 6.45) is 3.86. The van der Waals surface area contributed by atoms with Gasteiger partial charge in [0.1, 0.15) is 11.6 Å². The van der Waals surface area contributed by atoms with Gasteiger partial charge in [-0.25, -0.2) is 4.98 Å². The molecule has 4 nitrogen and oxygen atoms in total. The van der Waals surface area contributed by atoms with Crippen molar-refractivity contribution >= 4 is 34.8 Å². The van der Waals surface area contributed by atoms with Crippen LogP contribution in [0.5, 0.6) is 0 Å². The van der Waals surface area contributed by atoms with E-state index in [2.05, 4.69) is 20.1 Å². The van der Waals surface area contributed by atoms with E-state index in [-0.39, 0.29) is 0 Å². The summed E-state index contributed by atoms with van der Waals surface area (Å²) in [6, 6.07) is 2.44. The molecule has 2 aliphatic heterocycles. The standard InChI is InChI=1S/C15H22Cl2N4/c1-2-18-14-12(16)9-13(17)15(19-14)21-8-5-11(10-21)20-6-3-4-7-20/h9,11H,2-8,10H2,1H3,(H,18,19). The van der Waals surface area contributed by atoms with Crippen molar-refractivity contribution in [2.45, 2.75) is 32.2 Å². The maximum atomic E-state index is 6.36. The first-order chi connectivity index (χ1) is 10.2. The SMILES string of the molecule is CCNc1nc(N2CCC(N3CCCC3)C2)c(Cl)cc1Cl. The van der Waals surface area contributed by atoms with Crippen molar-refractivity contribution in [1.29, 1.82) is 0 Å². The zero-order valence-corrected chi connectivity index (χ0v) is 13.9. The summed E-state index contributed by atoms with van der Waals surface area (Å²) in [6.45, 7) is 7.34. The first-order valence-corrected chi connectivity index (χ1v) is 8.53. The highest BCUT2D eigenvalue weighted by Crippen LogP contribution is 2.34. The first kappa shape index (κ1) is 15.2. The molecule has 3 rings (SSSR count). The van der Waals surface area contributed by atoms with Gasteiger partial charge >= 0.3 is 0 Å². The van der Waals surface area contributed by atoms with Gasteiger partial charge in [-0.15, -0.1) is 0 Å². The van der Waals surface area contributed by atoms with Crippen molar-refractivity contribution in [3.05, 3.63) is 16.1 Å². The van der Waals surface area contributed by atoms with Crippen molar-refractivity contribution in [2.24, 2.45) is 0 Å². The Bertz CT molecular complexity index is 503. The fourth-order valence-corrected chi connectivity index (χ4v) is 3.85. The van der Waals surface area contributed by atoms with Crippen LogP contribution < -0.4 is 10.2 Å². The van der Waals surface area contributed by atoms with E-state index in [1.807, 2.05) is 6.92 Å². The van der Waals surface area contributed by atoms with Crippen molar-refractivity contribution in [3.8, 4) is 0 Å². The van der Waals surface area contributed by atoms with Crippen LogP contribution in [0.1, 0.15) is 26.2 Å². The highest BCUT2D eigenvalue weighted by atomic mass is 35.5. The predicted octanol–water partition coefficient (Wildman–Crippen LogP) is 3.49. The second-order valence-corrected chi connectivity index (χ2v) is 6.60. The number of hydrogen-bond acceptors (Lipinski definition) is 4. The molecular weight excluding hydrogens is 307 g/mol. The van der Waals surface area contributed by atoms with E-state index < -0.39 is 0 Å². The molecule has 0 radical (unpaired) electrons. The maximum Gasteiger partial charge on any atom is 0.150 e. The molecule has 2 saturated heterocycles. The number of rotatable bonds is 4. The summed E-state index contributed by atoms with van der Waals surface area (Å²) >= 11 is 12.5. The van der Waals surface area contributed by atoms with Crippen LogP contribution in [0.2, 0.25) is 10.0 Å². The van der Waals surface area contributed by atoms with E-state index in [0.29, 0.717) is 16.1 Å². The van der Waals surface area contributed by atoms with E-state index in [1.54, 1.807) is 6.07 Å². The van der Waals surface area contributed by atoms with Crippen LogP contribution in [-0.4, -0.2) is 48.6 Å². The molecule has 0 spiro atoms. The smallest absolute Gasteiger partial charge is 0.150 e. The molecule has 2 aliphatic rings. The Labute approximate surface area is 136 Å². The van der Waals surface area contributed by atoms with Gasteiger partial charge in [0.15, 0.2) is 0 Å². The van der Waals surface area contributed by atoms with Crippen LogP contribution >= 0.6 is 23.2 Å². The fraction of sp³-hybridized carbons (Fsp3) is 0.667. The van der Waals surface area contributed by atoms with Gasteiger partial charge in [-0.3, -0.25) is 4.90 Å². The van der Waals surface area contributed by atoms with Gasteiger partial charge in [-0.2, -0.15) is 0 Å². The summed E-state index contributed by atoms with van der Waals surface area (Å²) < 4.78 is 0. The molecule has 1 atom stereocenters. The van der Waals surface area contributed by atoms with Gasteiger partial charge in [-0.1, -0.05) is 23.2 Å². The Balaban J connectivity index is 1.76. The Morgan fingerprint density at radius 3 is 2.71 bits per heavy atom. The molecule has 0 bridgehead atoms. The third-order valence-electron chi connectivity index (χ3n) is 4.38. The molecule has 0 aliphatic carbocycles. The van der Waals surface area contributed by atoms with E-state index in [9.17, 15) is 0 Å². The highest BCUT2D eigenvalue weighted by molar-refractivity contribution is 6.37. The lowest BCUT2D eigenvalue weighted by molar-refractivity contribution is 0.260. The van der Waals surface area contributed by atoms with Gasteiger partial charge < -0.3 is 10.2 Å². The van der Waals surface area contributed by atoms with Crippen LogP contribution in [0.25, 0.3) is 0 Å². The monoisotopic (exact) mass is 328 g/mol. The van der Waals surface area contributed by atoms with Crippen LogP contribution in [0, 0.1) is 0 Å². The Hall–Kier alpha value is -0.710. The van der Waals surface area contributed by atoms with Crippen molar-refractivity contribution < 1.29 is 0 Å². The average Bonchev–Trinajstić information content (AvgIpc) is 3.11. The Morgan fingerprint density at radius 2 is 2.00 bits per heavy atom. The molecule has 0 saturated carbocycles. The summed E-state index contributed by atoms with van der Waals surface area (Å²) in [5.41, 5.74) is 0. The highest BCUT2D eigenvalue weighted by Gasteiger charge is 2.31. The van der Waals surface area contributed by atoms with E-state index in [1.165, 1.54) is 32.4 Å². The molecule has 1 aromatic heterocycles. The Morgan fingerprint density at radius 1 is 1.24 bits per heavy atom. The number of nitrogens with zero attached hydrogens (tertiary/aromatic N) is 3. The molecule has 6 heteroatoms. The van der Waals surface area contributed by atoms with Crippen LogP contribution in [0.4, 0.5) is 11.6 Å². The number of aromatic nitrogens is 1. The topological polar surface area (TPSA) is 31.4 Å². The lowest BCUT2D eigenvalue weighted by atomic mass is 10.2. The van der Waals surface area contributed by atoms with Crippen molar-refractivity contribution in [1.82, 2.24) is 9.88 Å². The van der Waals surface area contributed by atoms with Gasteiger partial charge in [0.25, 0.3) is 0 Å². The van der Waals surface area contributed by atoms with Crippen LogP contribution in [0.15, 0.2) is 6.07 Å². The van der Waals surface area contributed by atoms with E-state index in [0.717, 1.165) is 31.3 Å².